The first-order valence-corrected chi connectivity index (χ1v) is 9.55. The SMILES string of the molecule is C#Cc1cc(OC)c(CC(C)(C)[Si](C)(C)O)c(OC)c1. The number of rotatable bonds is 5. The average Bonchev–Trinajstić information content (AvgIpc) is 2.37. The van der Waals surface area contributed by atoms with Crippen LogP contribution in [-0.4, -0.2) is 27.3 Å². The molecular formula is C16H24O3Si. The molecule has 0 radical (unpaired) electrons. The molecular weight excluding hydrogens is 268 g/mol. The number of terminal acetylenes is 1. The molecule has 0 amide bonds. The molecule has 0 bridgehead atoms. The summed E-state index contributed by atoms with van der Waals surface area (Å²) in [6, 6.07) is 3.67. The van der Waals surface area contributed by atoms with Gasteiger partial charge < -0.3 is 14.3 Å². The summed E-state index contributed by atoms with van der Waals surface area (Å²) in [5, 5.41) is -0.203. The van der Waals surface area contributed by atoms with Crippen LogP contribution >= 0.6 is 0 Å². The van der Waals surface area contributed by atoms with E-state index in [1.54, 1.807) is 14.2 Å². The fraction of sp³-hybridized carbons (Fsp3) is 0.500. The van der Waals surface area contributed by atoms with Gasteiger partial charge in [0.15, 0.2) is 8.32 Å². The van der Waals surface area contributed by atoms with Crippen molar-refractivity contribution in [2.24, 2.45) is 0 Å². The van der Waals surface area contributed by atoms with E-state index in [4.69, 9.17) is 15.9 Å². The predicted octanol–water partition coefficient (Wildman–Crippen LogP) is 3.21. The molecule has 0 aliphatic carbocycles. The Labute approximate surface area is 123 Å². The van der Waals surface area contributed by atoms with Gasteiger partial charge in [-0.15, -0.1) is 6.42 Å². The average molecular weight is 292 g/mol. The summed E-state index contributed by atoms with van der Waals surface area (Å²) in [4.78, 5) is 10.5. The minimum Gasteiger partial charge on any atom is -0.496 e. The molecule has 110 valence electrons. The summed E-state index contributed by atoms with van der Waals surface area (Å²) in [6.45, 7) is 8.05. The highest BCUT2D eigenvalue weighted by Gasteiger charge is 2.39. The van der Waals surface area contributed by atoms with Crippen molar-refractivity contribution < 1.29 is 14.3 Å². The van der Waals surface area contributed by atoms with Crippen molar-refractivity contribution in [1.29, 1.82) is 0 Å². The van der Waals surface area contributed by atoms with Gasteiger partial charge in [0.1, 0.15) is 11.5 Å². The van der Waals surface area contributed by atoms with Gasteiger partial charge in [-0.1, -0.05) is 19.8 Å². The topological polar surface area (TPSA) is 38.7 Å². The molecule has 4 heteroatoms. The quantitative estimate of drug-likeness (QED) is 0.669. The van der Waals surface area contributed by atoms with Crippen LogP contribution < -0.4 is 9.47 Å². The summed E-state index contributed by atoms with van der Waals surface area (Å²) in [5.74, 6) is 4.02. The second-order valence-electron chi connectivity index (χ2n) is 6.12. The van der Waals surface area contributed by atoms with E-state index in [1.165, 1.54) is 0 Å². The van der Waals surface area contributed by atoms with Gasteiger partial charge in [0.2, 0.25) is 0 Å². The van der Waals surface area contributed by atoms with Crippen LogP contribution in [0, 0.1) is 12.3 Å². The summed E-state index contributed by atoms with van der Waals surface area (Å²) < 4.78 is 10.9. The molecule has 0 saturated heterocycles. The normalized spacial score (nSPS) is 11.9. The van der Waals surface area contributed by atoms with Crippen LogP contribution in [0.4, 0.5) is 0 Å². The lowest BCUT2D eigenvalue weighted by atomic mass is 9.98. The van der Waals surface area contributed by atoms with Crippen LogP contribution in [0.5, 0.6) is 11.5 Å². The van der Waals surface area contributed by atoms with Crippen molar-refractivity contribution in [3.8, 4) is 23.8 Å². The molecule has 3 nitrogen and oxygen atoms in total. The van der Waals surface area contributed by atoms with E-state index in [-0.39, 0.29) is 5.04 Å². The van der Waals surface area contributed by atoms with Crippen molar-refractivity contribution in [2.75, 3.05) is 14.2 Å². The van der Waals surface area contributed by atoms with Crippen molar-refractivity contribution >= 4 is 8.32 Å². The third-order valence-corrected chi connectivity index (χ3v) is 7.54. The Bertz CT molecular complexity index is 496. The van der Waals surface area contributed by atoms with Crippen LogP contribution in [0.1, 0.15) is 25.0 Å². The minimum absolute atomic E-state index is 0.203. The van der Waals surface area contributed by atoms with E-state index in [0.717, 1.165) is 11.1 Å². The number of methoxy groups -OCH3 is 2. The van der Waals surface area contributed by atoms with E-state index in [1.807, 2.05) is 25.2 Å². The molecule has 0 saturated carbocycles. The van der Waals surface area contributed by atoms with Crippen LogP contribution in [0.3, 0.4) is 0 Å². The molecule has 20 heavy (non-hydrogen) atoms. The first-order valence-electron chi connectivity index (χ1n) is 6.60. The van der Waals surface area contributed by atoms with Gasteiger partial charge in [0, 0.05) is 11.1 Å². The maximum atomic E-state index is 10.5. The Morgan fingerprint density at radius 1 is 1.20 bits per heavy atom. The summed E-state index contributed by atoms with van der Waals surface area (Å²) in [6.07, 6.45) is 6.13. The predicted molar refractivity (Wildman–Crippen MR) is 84.9 cm³/mol. The number of benzene rings is 1. The van der Waals surface area contributed by atoms with Crippen LogP contribution in [0.25, 0.3) is 0 Å². The van der Waals surface area contributed by atoms with Gasteiger partial charge in [-0.3, -0.25) is 0 Å². The Kier molecular flexibility index (Phi) is 4.90. The van der Waals surface area contributed by atoms with Crippen molar-refractivity contribution in [2.45, 2.75) is 38.4 Å². The molecule has 0 aliphatic rings. The summed E-state index contributed by atoms with van der Waals surface area (Å²) >= 11 is 0. The highest BCUT2D eigenvalue weighted by Crippen LogP contribution is 2.43. The van der Waals surface area contributed by atoms with E-state index < -0.39 is 8.32 Å². The minimum atomic E-state index is -2.31. The first-order chi connectivity index (χ1) is 9.16. The smallest absolute Gasteiger partial charge is 0.188 e. The Morgan fingerprint density at radius 2 is 1.65 bits per heavy atom. The van der Waals surface area contributed by atoms with Gasteiger partial charge >= 0.3 is 0 Å². The Balaban J connectivity index is 3.34. The third-order valence-electron chi connectivity index (χ3n) is 4.05. The van der Waals surface area contributed by atoms with Gasteiger partial charge in [-0.2, -0.15) is 0 Å². The fourth-order valence-corrected chi connectivity index (χ4v) is 2.51. The number of ether oxygens (including phenoxy) is 2. The van der Waals surface area contributed by atoms with Crippen molar-refractivity contribution in [1.82, 2.24) is 0 Å². The first kappa shape index (κ1) is 16.6. The number of hydrogen-bond acceptors (Lipinski definition) is 3. The zero-order valence-corrected chi connectivity index (χ0v) is 14.2. The van der Waals surface area contributed by atoms with Gasteiger partial charge in [-0.05, 0) is 36.7 Å². The maximum absolute atomic E-state index is 10.5. The monoisotopic (exact) mass is 292 g/mol. The van der Waals surface area contributed by atoms with E-state index in [0.29, 0.717) is 17.9 Å². The lowest BCUT2D eigenvalue weighted by Gasteiger charge is -2.35. The zero-order chi connectivity index (χ0) is 15.6. The molecule has 0 atom stereocenters. The van der Waals surface area contributed by atoms with Gasteiger partial charge in [-0.25, -0.2) is 0 Å². The Hall–Kier alpha value is -1.44. The summed E-state index contributed by atoms with van der Waals surface area (Å²) in [5.41, 5.74) is 1.68. The van der Waals surface area contributed by atoms with E-state index >= 15 is 0 Å². The molecule has 1 N–H and O–H groups in total. The molecule has 1 aromatic carbocycles. The van der Waals surface area contributed by atoms with Crippen LogP contribution in [0.15, 0.2) is 12.1 Å². The van der Waals surface area contributed by atoms with E-state index in [9.17, 15) is 4.80 Å². The molecule has 0 aliphatic heterocycles. The zero-order valence-electron chi connectivity index (χ0n) is 13.2. The lowest BCUT2D eigenvalue weighted by molar-refractivity contribution is 0.377. The molecule has 1 aromatic rings. The van der Waals surface area contributed by atoms with Crippen LogP contribution in [-0.2, 0) is 6.42 Å². The summed E-state index contributed by atoms with van der Waals surface area (Å²) in [7, 11) is 0.924. The molecule has 1 rings (SSSR count). The fourth-order valence-electron chi connectivity index (χ4n) is 1.90. The molecule has 0 unspecified atom stereocenters. The molecule has 0 fully saturated rings. The van der Waals surface area contributed by atoms with Crippen LogP contribution in [0.2, 0.25) is 18.1 Å². The van der Waals surface area contributed by atoms with Crippen molar-refractivity contribution in [3.63, 3.8) is 0 Å². The highest BCUT2D eigenvalue weighted by molar-refractivity contribution is 6.72. The third kappa shape index (κ3) is 3.36. The van der Waals surface area contributed by atoms with E-state index in [2.05, 4.69) is 19.8 Å². The molecule has 0 spiro atoms. The second kappa shape index (κ2) is 5.90. The largest absolute Gasteiger partial charge is 0.496 e. The van der Waals surface area contributed by atoms with Crippen molar-refractivity contribution in [3.05, 3.63) is 23.3 Å². The van der Waals surface area contributed by atoms with Gasteiger partial charge in [0.05, 0.1) is 14.2 Å². The molecule has 0 heterocycles. The van der Waals surface area contributed by atoms with Gasteiger partial charge in [0.25, 0.3) is 0 Å². The second-order valence-corrected chi connectivity index (χ2v) is 10.6. The number of hydrogen-bond donors (Lipinski definition) is 1. The Morgan fingerprint density at radius 3 is 1.95 bits per heavy atom. The lowest BCUT2D eigenvalue weighted by Crippen LogP contribution is -2.40. The standard InChI is InChI=1S/C16H24O3Si/c1-8-12-9-14(18-4)13(15(10-12)19-5)11-16(2,3)20(6,7)17/h1,9-10,17H,11H2,2-7H3. The highest BCUT2D eigenvalue weighted by atomic mass is 28.4. The maximum Gasteiger partial charge on any atom is 0.188 e. The molecule has 0 aromatic heterocycles.